The zero-order valence-electron chi connectivity index (χ0n) is 12.7. The minimum Gasteiger partial charge on any atom is -0.502 e. The van der Waals surface area contributed by atoms with Gasteiger partial charge in [-0.2, -0.15) is 0 Å². The molecule has 0 spiro atoms. The number of phenolic OH excluding ortho intramolecular Hbond substituents is 1. The van der Waals surface area contributed by atoms with Crippen LogP contribution in [0.4, 0.5) is 0 Å². The lowest BCUT2D eigenvalue weighted by Gasteiger charge is -2.21. The summed E-state index contributed by atoms with van der Waals surface area (Å²) in [4.78, 5) is 2.47. The second-order valence-corrected chi connectivity index (χ2v) is 5.66. The molecule has 0 amide bonds. The van der Waals surface area contributed by atoms with Gasteiger partial charge in [0.25, 0.3) is 0 Å². The summed E-state index contributed by atoms with van der Waals surface area (Å²) in [5.74, 6) is 1.84. The van der Waals surface area contributed by atoms with E-state index in [0.717, 1.165) is 31.1 Å². The molecule has 4 nitrogen and oxygen atoms in total. The molecule has 4 heteroatoms. The molecule has 1 saturated heterocycles. The Morgan fingerprint density at radius 2 is 1.80 bits per heavy atom. The fraction of sp³-hybridized carbons (Fsp3) is 0.625. The van der Waals surface area contributed by atoms with Gasteiger partial charge >= 0.3 is 0 Å². The third-order valence-electron chi connectivity index (χ3n) is 4.06. The third kappa shape index (κ3) is 3.57. The Morgan fingerprint density at radius 3 is 2.40 bits per heavy atom. The Balaban J connectivity index is 2.12. The Kier molecular flexibility index (Phi) is 5.12. The van der Waals surface area contributed by atoms with Crippen LogP contribution in [0.1, 0.15) is 31.7 Å². The molecule has 1 fully saturated rings. The van der Waals surface area contributed by atoms with E-state index in [9.17, 15) is 5.11 Å². The number of hydrogen-bond acceptors (Lipinski definition) is 4. The predicted octanol–water partition coefficient (Wildman–Crippen LogP) is 3.03. The number of ether oxygens (including phenoxy) is 2. The standard InChI is InChI=1S/C16H25NO3/c1-12-5-4-7-17(8-6-12)11-13-9-14(19-2)16(18)15(10-13)20-3/h9-10,12,18H,4-8,11H2,1-3H3. The highest BCUT2D eigenvalue weighted by Crippen LogP contribution is 2.37. The summed E-state index contributed by atoms with van der Waals surface area (Å²) in [6.07, 6.45) is 3.83. The van der Waals surface area contributed by atoms with Gasteiger partial charge in [-0.05, 0) is 56.0 Å². The Labute approximate surface area is 121 Å². The number of rotatable bonds is 4. The molecule has 1 atom stereocenters. The molecule has 1 aliphatic heterocycles. The molecular formula is C16H25NO3. The van der Waals surface area contributed by atoms with Crippen LogP contribution in [-0.4, -0.2) is 37.3 Å². The summed E-state index contributed by atoms with van der Waals surface area (Å²) in [6.45, 7) is 5.47. The number of phenols is 1. The van der Waals surface area contributed by atoms with Crippen LogP contribution in [0, 0.1) is 5.92 Å². The van der Waals surface area contributed by atoms with Crippen LogP contribution in [-0.2, 0) is 6.54 Å². The lowest BCUT2D eigenvalue weighted by molar-refractivity contribution is 0.271. The van der Waals surface area contributed by atoms with Crippen molar-refractivity contribution in [3.05, 3.63) is 17.7 Å². The lowest BCUT2D eigenvalue weighted by Crippen LogP contribution is -2.24. The first kappa shape index (κ1) is 15.0. The number of benzene rings is 1. The topological polar surface area (TPSA) is 41.9 Å². The molecule has 1 heterocycles. The molecule has 0 aromatic heterocycles. The maximum atomic E-state index is 9.94. The maximum Gasteiger partial charge on any atom is 0.200 e. The number of likely N-dealkylation sites (tertiary alicyclic amines) is 1. The van der Waals surface area contributed by atoms with Crippen molar-refractivity contribution in [3.63, 3.8) is 0 Å². The Bertz CT molecular complexity index is 422. The lowest BCUT2D eigenvalue weighted by atomic mass is 10.0. The van der Waals surface area contributed by atoms with Gasteiger partial charge in [-0.3, -0.25) is 4.90 Å². The van der Waals surface area contributed by atoms with Gasteiger partial charge in [0, 0.05) is 6.54 Å². The summed E-state index contributed by atoms with van der Waals surface area (Å²) in [5.41, 5.74) is 1.12. The summed E-state index contributed by atoms with van der Waals surface area (Å²) in [6, 6.07) is 3.79. The van der Waals surface area contributed by atoms with Crippen LogP contribution in [0.3, 0.4) is 0 Å². The Morgan fingerprint density at radius 1 is 1.15 bits per heavy atom. The van der Waals surface area contributed by atoms with Crippen LogP contribution in [0.5, 0.6) is 17.2 Å². The second-order valence-electron chi connectivity index (χ2n) is 5.66. The fourth-order valence-corrected chi connectivity index (χ4v) is 2.78. The van der Waals surface area contributed by atoms with Crippen molar-refractivity contribution in [3.8, 4) is 17.2 Å². The third-order valence-corrected chi connectivity index (χ3v) is 4.06. The van der Waals surface area contributed by atoms with Crippen molar-refractivity contribution >= 4 is 0 Å². The van der Waals surface area contributed by atoms with Gasteiger partial charge in [0.2, 0.25) is 5.75 Å². The van der Waals surface area contributed by atoms with Gasteiger partial charge in [-0.1, -0.05) is 6.92 Å². The van der Waals surface area contributed by atoms with E-state index in [1.54, 1.807) is 14.2 Å². The van der Waals surface area contributed by atoms with Gasteiger partial charge in [0.05, 0.1) is 14.2 Å². The van der Waals surface area contributed by atoms with E-state index in [1.807, 2.05) is 12.1 Å². The molecule has 0 radical (unpaired) electrons. The van der Waals surface area contributed by atoms with Crippen LogP contribution in [0.25, 0.3) is 0 Å². The molecule has 0 bridgehead atoms. The highest BCUT2D eigenvalue weighted by atomic mass is 16.5. The molecule has 1 aromatic rings. The van der Waals surface area contributed by atoms with Gasteiger partial charge in [-0.25, -0.2) is 0 Å². The maximum absolute atomic E-state index is 9.94. The van der Waals surface area contributed by atoms with Crippen molar-refractivity contribution in [1.82, 2.24) is 4.90 Å². The van der Waals surface area contributed by atoms with E-state index in [2.05, 4.69) is 11.8 Å². The van der Waals surface area contributed by atoms with Crippen LogP contribution >= 0.6 is 0 Å². The largest absolute Gasteiger partial charge is 0.502 e. The average Bonchev–Trinajstić information content (AvgIpc) is 2.65. The Hall–Kier alpha value is -1.42. The highest BCUT2D eigenvalue weighted by Gasteiger charge is 2.16. The van der Waals surface area contributed by atoms with Crippen LogP contribution < -0.4 is 9.47 Å². The van der Waals surface area contributed by atoms with E-state index in [0.29, 0.717) is 11.5 Å². The number of methoxy groups -OCH3 is 2. The van der Waals surface area contributed by atoms with Gasteiger partial charge in [-0.15, -0.1) is 0 Å². The zero-order chi connectivity index (χ0) is 14.5. The molecule has 0 saturated carbocycles. The van der Waals surface area contributed by atoms with Crippen molar-refractivity contribution in [2.45, 2.75) is 32.7 Å². The fourth-order valence-electron chi connectivity index (χ4n) is 2.78. The molecule has 1 aromatic carbocycles. The molecule has 2 rings (SSSR count). The van der Waals surface area contributed by atoms with E-state index in [1.165, 1.54) is 19.3 Å². The summed E-state index contributed by atoms with van der Waals surface area (Å²) >= 11 is 0. The minimum atomic E-state index is 0.0724. The first-order chi connectivity index (χ1) is 9.63. The SMILES string of the molecule is COc1cc(CN2CCCC(C)CC2)cc(OC)c1O. The van der Waals surface area contributed by atoms with Gasteiger partial charge in [0.1, 0.15) is 0 Å². The van der Waals surface area contributed by atoms with Crippen LogP contribution in [0.2, 0.25) is 0 Å². The van der Waals surface area contributed by atoms with E-state index >= 15 is 0 Å². The van der Waals surface area contributed by atoms with Crippen molar-refractivity contribution in [1.29, 1.82) is 0 Å². The highest BCUT2D eigenvalue weighted by molar-refractivity contribution is 5.52. The van der Waals surface area contributed by atoms with Crippen molar-refractivity contribution in [2.24, 2.45) is 5.92 Å². The quantitative estimate of drug-likeness (QED) is 0.920. The average molecular weight is 279 g/mol. The summed E-state index contributed by atoms with van der Waals surface area (Å²) in [5, 5.41) is 9.94. The molecular weight excluding hydrogens is 254 g/mol. The minimum absolute atomic E-state index is 0.0724. The number of aromatic hydroxyl groups is 1. The van der Waals surface area contributed by atoms with Gasteiger partial charge < -0.3 is 14.6 Å². The van der Waals surface area contributed by atoms with Gasteiger partial charge in [0.15, 0.2) is 11.5 Å². The zero-order valence-corrected chi connectivity index (χ0v) is 12.7. The molecule has 1 N–H and O–H groups in total. The van der Waals surface area contributed by atoms with Crippen molar-refractivity contribution in [2.75, 3.05) is 27.3 Å². The molecule has 1 unspecified atom stereocenters. The number of hydrogen-bond donors (Lipinski definition) is 1. The first-order valence-corrected chi connectivity index (χ1v) is 7.30. The first-order valence-electron chi connectivity index (χ1n) is 7.30. The second kappa shape index (κ2) is 6.84. The van der Waals surface area contributed by atoms with E-state index < -0.39 is 0 Å². The van der Waals surface area contributed by atoms with E-state index in [-0.39, 0.29) is 5.75 Å². The summed E-state index contributed by atoms with van der Waals surface area (Å²) in [7, 11) is 3.12. The monoisotopic (exact) mass is 279 g/mol. The predicted molar refractivity (Wildman–Crippen MR) is 79.5 cm³/mol. The van der Waals surface area contributed by atoms with E-state index in [4.69, 9.17) is 9.47 Å². The smallest absolute Gasteiger partial charge is 0.200 e. The van der Waals surface area contributed by atoms with Crippen LogP contribution in [0.15, 0.2) is 12.1 Å². The molecule has 112 valence electrons. The molecule has 1 aliphatic rings. The molecule has 20 heavy (non-hydrogen) atoms. The van der Waals surface area contributed by atoms with Crippen molar-refractivity contribution < 1.29 is 14.6 Å². The summed E-state index contributed by atoms with van der Waals surface area (Å²) < 4.78 is 10.4. The number of nitrogens with zero attached hydrogens (tertiary/aromatic N) is 1. The normalized spacial score (nSPS) is 20.4. The molecule has 0 aliphatic carbocycles.